The number of ether oxygens (including phenoxy) is 1. The van der Waals surface area contributed by atoms with Gasteiger partial charge in [-0.3, -0.25) is 0 Å². The van der Waals surface area contributed by atoms with E-state index in [4.69, 9.17) is 5.73 Å². The Balaban J connectivity index is 2.96. The molecule has 4 nitrogen and oxygen atoms in total. The topological polar surface area (TPSA) is 64.3 Å². The summed E-state index contributed by atoms with van der Waals surface area (Å²) in [6.45, 7) is 0. The fraction of sp³-hybridized carbons (Fsp3) is 0.250. The summed E-state index contributed by atoms with van der Waals surface area (Å²) in [5.41, 5.74) is 5.11. The fourth-order valence-electron chi connectivity index (χ4n) is 0.977. The second kappa shape index (κ2) is 4.71. The van der Waals surface area contributed by atoms with E-state index in [1.165, 1.54) is 13.1 Å². The van der Waals surface area contributed by atoms with Crippen LogP contribution in [0.25, 0.3) is 0 Å². The Kier molecular flexibility index (Phi) is 3.76. The molecule has 90 valence electrons. The van der Waals surface area contributed by atoms with E-state index in [9.17, 15) is 17.4 Å². The van der Waals surface area contributed by atoms with Crippen LogP contribution in [0.5, 0.6) is 5.75 Å². The maximum absolute atomic E-state index is 11.9. The number of alkyl halides is 3. The molecule has 0 aliphatic rings. The van der Waals surface area contributed by atoms with Gasteiger partial charge in [0.25, 0.3) is 0 Å². The monoisotopic (exact) mass is 254 g/mol. The first-order valence-electron chi connectivity index (χ1n) is 4.08. The maximum atomic E-state index is 11.9. The zero-order valence-corrected chi connectivity index (χ0v) is 8.98. The van der Waals surface area contributed by atoms with Gasteiger partial charge in [-0.2, -0.15) is 0 Å². The number of anilines is 1. The van der Waals surface area contributed by atoms with Crippen LogP contribution < -0.4 is 15.2 Å². The number of rotatable bonds is 3. The van der Waals surface area contributed by atoms with E-state index in [0.29, 0.717) is 0 Å². The number of nitrogens with one attached hydrogen (secondary N) is 1. The third kappa shape index (κ3) is 3.38. The normalized spacial score (nSPS) is 13.5. The molecular formula is C8H9F3N2O2S. The van der Waals surface area contributed by atoms with E-state index < -0.39 is 23.1 Å². The molecule has 0 bridgehead atoms. The molecule has 1 aromatic carbocycles. The summed E-state index contributed by atoms with van der Waals surface area (Å²) in [7, 11) is -0.0480. The van der Waals surface area contributed by atoms with E-state index in [-0.39, 0.29) is 10.6 Å². The van der Waals surface area contributed by atoms with Crippen molar-refractivity contribution >= 4 is 16.7 Å². The Bertz CT molecular complexity index is 409. The van der Waals surface area contributed by atoms with Gasteiger partial charge in [-0.25, -0.2) is 8.93 Å². The number of benzene rings is 1. The molecule has 0 aliphatic carbocycles. The highest BCUT2D eigenvalue weighted by atomic mass is 32.2. The largest absolute Gasteiger partial charge is 0.573 e. The first kappa shape index (κ1) is 12.8. The van der Waals surface area contributed by atoms with Crippen molar-refractivity contribution in [2.45, 2.75) is 11.3 Å². The van der Waals surface area contributed by atoms with Gasteiger partial charge in [0.2, 0.25) is 0 Å². The van der Waals surface area contributed by atoms with Crippen molar-refractivity contribution in [1.29, 1.82) is 0 Å². The molecule has 1 unspecified atom stereocenters. The molecule has 0 saturated heterocycles. The highest BCUT2D eigenvalue weighted by molar-refractivity contribution is 7.83. The van der Waals surface area contributed by atoms with Gasteiger partial charge in [0.1, 0.15) is 11.0 Å². The first-order valence-corrected chi connectivity index (χ1v) is 5.23. The molecule has 0 radical (unpaired) electrons. The molecule has 0 spiro atoms. The lowest BCUT2D eigenvalue weighted by Gasteiger charge is -2.11. The van der Waals surface area contributed by atoms with Crippen LogP contribution in [0.1, 0.15) is 0 Å². The van der Waals surface area contributed by atoms with Crippen molar-refractivity contribution in [3.05, 3.63) is 18.2 Å². The Morgan fingerprint density at radius 3 is 2.50 bits per heavy atom. The van der Waals surface area contributed by atoms with Gasteiger partial charge in [0.15, 0.2) is 5.75 Å². The molecular weight excluding hydrogens is 245 g/mol. The molecule has 8 heteroatoms. The highest BCUT2D eigenvalue weighted by Gasteiger charge is 2.31. The van der Waals surface area contributed by atoms with Crippen molar-refractivity contribution in [2.75, 3.05) is 12.8 Å². The molecule has 3 N–H and O–H groups in total. The van der Waals surface area contributed by atoms with E-state index in [1.807, 2.05) is 0 Å². The summed E-state index contributed by atoms with van der Waals surface area (Å²) in [6, 6.07) is 3.42. The van der Waals surface area contributed by atoms with Gasteiger partial charge in [-0.15, -0.1) is 13.2 Å². The average Bonchev–Trinajstić information content (AvgIpc) is 2.18. The number of hydrogen-bond donors (Lipinski definition) is 2. The van der Waals surface area contributed by atoms with E-state index in [1.54, 1.807) is 0 Å². The van der Waals surface area contributed by atoms with Crippen molar-refractivity contribution in [3.8, 4) is 5.75 Å². The number of halogens is 3. The quantitative estimate of drug-likeness (QED) is 0.801. The minimum absolute atomic E-state index is 0.224. The lowest BCUT2D eigenvalue weighted by molar-refractivity contribution is -0.274. The number of hydrogen-bond acceptors (Lipinski definition) is 3. The lowest BCUT2D eigenvalue weighted by atomic mass is 10.3. The first-order chi connectivity index (χ1) is 7.33. The van der Waals surface area contributed by atoms with Gasteiger partial charge in [0, 0.05) is 0 Å². The van der Waals surface area contributed by atoms with E-state index in [2.05, 4.69) is 9.46 Å². The van der Waals surface area contributed by atoms with Crippen molar-refractivity contribution < 1.29 is 22.1 Å². The van der Waals surface area contributed by atoms with Crippen molar-refractivity contribution in [1.82, 2.24) is 4.72 Å². The van der Waals surface area contributed by atoms with Gasteiger partial charge in [-0.05, 0) is 25.2 Å². The summed E-state index contributed by atoms with van der Waals surface area (Å²) >= 11 is 0. The molecule has 1 atom stereocenters. The third-order valence-corrected chi connectivity index (χ3v) is 2.66. The number of nitrogens with two attached hydrogens (primary N) is 1. The van der Waals surface area contributed by atoms with Crippen LogP contribution in [0, 0.1) is 0 Å². The molecule has 16 heavy (non-hydrogen) atoms. The zero-order chi connectivity index (χ0) is 12.3. The second-order valence-corrected chi connectivity index (χ2v) is 4.14. The Hall–Kier alpha value is -1.28. The summed E-state index contributed by atoms with van der Waals surface area (Å²) in [4.78, 5) is 0.273. The smallest absolute Gasteiger partial charge is 0.404 e. The molecule has 0 saturated carbocycles. The molecule has 0 aromatic heterocycles. The molecule has 0 fully saturated rings. The van der Waals surface area contributed by atoms with Crippen molar-refractivity contribution in [3.63, 3.8) is 0 Å². The Morgan fingerprint density at radius 1 is 1.44 bits per heavy atom. The van der Waals surface area contributed by atoms with Gasteiger partial charge < -0.3 is 10.5 Å². The fourth-order valence-corrected chi connectivity index (χ4v) is 1.64. The third-order valence-electron chi connectivity index (χ3n) is 1.61. The minimum atomic E-state index is -4.79. The van der Waals surface area contributed by atoms with Crippen LogP contribution in [-0.4, -0.2) is 17.6 Å². The lowest BCUT2D eigenvalue weighted by Crippen LogP contribution is -2.18. The SMILES string of the molecule is CNS(=O)c1ccc(OC(F)(F)F)c(N)c1. The molecule has 0 aliphatic heterocycles. The van der Waals surface area contributed by atoms with Gasteiger partial charge in [-0.1, -0.05) is 0 Å². The van der Waals surface area contributed by atoms with Gasteiger partial charge >= 0.3 is 6.36 Å². The van der Waals surface area contributed by atoms with Crippen LogP contribution >= 0.6 is 0 Å². The predicted molar refractivity (Wildman–Crippen MR) is 53.0 cm³/mol. The second-order valence-electron chi connectivity index (χ2n) is 2.72. The standard InChI is InChI=1S/C8H9F3N2O2S/c1-13-16(14)5-2-3-7(6(12)4-5)15-8(9,10)11/h2-4,13H,12H2,1H3. The van der Waals surface area contributed by atoms with Gasteiger partial charge in [0.05, 0.1) is 10.6 Å². The number of nitrogen functional groups attached to an aromatic ring is 1. The predicted octanol–water partition coefficient (Wildman–Crippen LogP) is 1.41. The zero-order valence-electron chi connectivity index (χ0n) is 8.17. The molecule has 1 aromatic rings. The van der Waals surface area contributed by atoms with Crippen LogP contribution in [0.3, 0.4) is 0 Å². The summed E-state index contributed by atoms with van der Waals surface area (Å²) in [6.07, 6.45) is -4.79. The minimum Gasteiger partial charge on any atom is -0.404 e. The Labute approximate surface area is 92.2 Å². The van der Waals surface area contributed by atoms with Crippen LogP contribution in [0.2, 0.25) is 0 Å². The van der Waals surface area contributed by atoms with E-state index in [0.717, 1.165) is 12.1 Å². The van der Waals surface area contributed by atoms with Crippen molar-refractivity contribution in [2.24, 2.45) is 0 Å². The van der Waals surface area contributed by atoms with E-state index >= 15 is 0 Å². The highest BCUT2D eigenvalue weighted by Crippen LogP contribution is 2.29. The van der Waals surface area contributed by atoms with Crippen LogP contribution in [0.4, 0.5) is 18.9 Å². The van der Waals surface area contributed by atoms with Crippen LogP contribution in [-0.2, 0) is 11.0 Å². The summed E-state index contributed by atoms with van der Waals surface area (Å²) < 4.78 is 53.0. The van der Waals surface area contributed by atoms with Crippen LogP contribution in [0.15, 0.2) is 23.1 Å². The summed E-state index contributed by atoms with van der Waals surface area (Å²) in [5, 5.41) is 0. The average molecular weight is 254 g/mol. The molecule has 1 rings (SSSR count). The molecule has 0 heterocycles. The molecule has 0 amide bonds. The summed E-state index contributed by atoms with van der Waals surface area (Å²) in [5.74, 6) is -0.510. The Morgan fingerprint density at radius 2 is 2.06 bits per heavy atom. The maximum Gasteiger partial charge on any atom is 0.573 e.